The Kier molecular flexibility index (Phi) is 3.11. The fourth-order valence-corrected chi connectivity index (χ4v) is 1.86. The zero-order valence-corrected chi connectivity index (χ0v) is 8.73. The Morgan fingerprint density at radius 1 is 1.60 bits per heavy atom. The monoisotopic (exact) mass is 210 g/mol. The molecule has 1 aromatic heterocycles. The van der Waals surface area contributed by atoms with Gasteiger partial charge in [0, 0.05) is 25.9 Å². The molecule has 0 radical (unpaired) electrons. The minimum atomic E-state index is 0.115. The van der Waals surface area contributed by atoms with Crippen molar-refractivity contribution in [2.24, 2.45) is 0 Å². The molecule has 2 rings (SSSR count). The van der Waals surface area contributed by atoms with E-state index in [1.54, 1.807) is 7.11 Å². The number of rotatable bonds is 3. The first-order valence-electron chi connectivity index (χ1n) is 5.12. The van der Waals surface area contributed by atoms with Gasteiger partial charge in [0.05, 0.1) is 0 Å². The summed E-state index contributed by atoms with van der Waals surface area (Å²) in [5, 5.41) is 3.78. The highest BCUT2D eigenvalue weighted by atomic mass is 16.5. The fraction of sp³-hybridized carbons (Fsp3) is 0.700. The second-order valence-electron chi connectivity index (χ2n) is 3.81. The van der Waals surface area contributed by atoms with Gasteiger partial charge in [0.1, 0.15) is 12.4 Å². The first kappa shape index (κ1) is 10.3. The fourth-order valence-electron chi connectivity index (χ4n) is 1.86. The van der Waals surface area contributed by atoms with Crippen molar-refractivity contribution in [2.45, 2.75) is 38.2 Å². The predicted molar refractivity (Wildman–Crippen MR) is 51.2 cm³/mol. The van der Waals surface area contributed by atoms with E-state index in [1.807, 2.05) is 0 Å². The van der Waals surface area contributed by atoms with E-state index in [0.717, 1.165) is 12.8 Å². The molecule has 0 spiro atoms. The third-order valence-electron chi connectivity index (χ3n) is 2.59. The summed E-state index contributed by atoms with van der Waals surface area (Å²) in [6.45, 7) is 0.351. The topological polar surface area (TPSA) is 65.2 Å². The summed E-state index contributed by atoms with van der Waals surface area (Å²) < 4.78 is 10.0. The summed E-state index contributed by atoms with van der Waals surface area (Å²) in [7, 11) is 1.58. The van der Waals surface area contributed by atoms with Crippen LogP contribution in [0.3, 0.4) is 0 Å². The number of carbonyl (C=O) groups is 1. The first-order chi connectivity index (χ1) is 7.29. The molecule has 5 nitrogen and oxygen atoms in total. The zero-order chi connectivity index (χ0) is 10.7. The number of hydrogen-bond donors (Lipinski definition) is 0. The van der Waals surface area contributed by atoms with E-state index in [4.69, 9.17) is 9.26 Å². The molecular formula is C10H14N2O3. The average molecular weight is 210 g/mol. The second-order valence-corrected chi connectivity index (χ2v) is 3.81. The summed E-state index contributed by atoms with van der Waals surface area (Å²) in [4.78, 5) is 15.5. The van der Waals surface area contributed by atoms with Crippen LogP contribution in [0.25, 0.3) is 0 Å². The third kappa shape index (κ3) is 2.41. The van der Waals surface area contributed by atoms with Crippen molar-refractivity contribution in [3.8, 4) is 0 Å². The molecule has 1 fully saturated rings. The Bertz CT molecular complexity index is 348. The van der Waals surface area contributed by atoms with Gasteiger partial charge in [0.2, 0.25) is 5.89 Å². The largest absolute Gasteiger partial charge is 0.377 e. The van der Waals surface area contributed by atoms with Gasteiger partial charge in [-0.3, -0.25) is 4.79 Å². The van der Waals surface area contributed by atoms with Crippen molar-refractivity contribution in [1.82, 2.24) is 10.1 Å². The number of aromatic nitrogens is 2. The summed E-state index contributed by atoms with van der Waals surface area (Å²) in [6.07, 6.45) is 3.11. The summed E-state index contributed by atoms with van der Waals surface area (Å²) in [5.41, 5.74) is 0. The van der Waals surface area contributed by atoms with Gasteiger partial charge in [-0.2, -0.15) is 4.98 Å². The van der Waals surface area contributed by atoms with Crippen LogP contribution < -0.4 is 0 Å². The number of Topliss-reactive ketones (excluding diaryl/α,β-unsaturated/α-hetero) is 1. The van der Waals surface area contributed by atoms with Crippen molar-refractivity contribution < 1.29 is 14.1 Å². The van der Waals surface area contributed by atoms with Crippen molar-refractivity contribution >= 4 is 5.78 Å². The predicted octanol–water partition coefficient (Wildman–Crippen LogP) is 1.44. The molecular weight excluding hydrogens is 196 g/mol. The van der Waals surface area contributed by atoms with Crippen LogP contribution in [0.2, 0.25) is 0 Å². The van der Waals surface area contributed by atoms with Crippen molar-refractivity contribution in [1.29, 1.82) is 0 Å². The van der Waals surface area contributed by atoms with Gasteiger partial charge in [-0.05, 0) is 12.8 Å². The third-order valence-corrected chi connectivity index (χ3v) is 2.59. The summed E-state index contributed by atoms with van der Waals surface area (Å²) in [5.74, 6) is 1.53. The molecule has 1 heterocycles. The van der Waals surface area contributed by atoms with Crippen LogP contribution in [0.1, 0.15) is 43.3 Å². The van der Waals surface area contributed by atoms with Crippen molar-refractivity contribution in [3.05, 3.63) is 11.7 Å². The van der Waals surface area contributed by atoms with Gasteiger partial charge in [-0.1, -0.05) is 5.16 Å². The van der Waals surface area contributed by atoms with E-state index in [0.29, 0.717) is 31.2 Å². The van der Waals surface area contributed by atoms with Gasteiger partial charge < -0.3 is 9.26 Å². The van der Waals surface area contributed by atoms with Crippen LogP contribution in [0, 0.1) is 0 Å². The lowest BCUT2D eigenvalue weighted by Crippen LogP contribution is -2.13. The Morgan fingerprint density at radius 3 is 3.20 bits per heavy atom. The molecule has 0 bridgehead atoms. The van der Waals surface area contributed by atoms with Gasteiger partial charge in [-0.15, -0.1) is 0 Å². The molecule has 0 amide bonds. The molecule has 82 valence electrons. The van der Waals surface area contributed by atoms with Crippen LogP contribution in [-0.4, -0.2) is 23.0 Å². The molecule has 1 unspecified atom stereocenters. The number of methoxy groups -OCH3 is 1. The van der Waals surface area contributed by atoms with Crippen molar-refractivity contribution in [2.75, 3.05) is 7.11 Å². The molecule has 15 heavy (non-hydrogen) atoms. The maximum atomic E-state index is 11.3. The van der Waals surface area contributed by atoms with Gasteiger partial charge in [-0.25, -0.2) is 0 Å². The van der Waals surface area contributed by atoms with Crippen LogP contribution in [-0.2, 0) is 16.1 Å². The lowest BCUT2D eigenvalue weighted by atomic mass is 9.88. The SMILES string of the molecule is COCc1noc(C2CCCC(=O)C2)n1. The van der Waals surface area contributed by atoms with Gasteiger partial charge in [0.15, 0.2) is 5.82 Å². The zero-order valence-electron chi connectivity index (χ0n) is 8.73. The minimum Gasteiger partial charge on any atom is -0.377 e. The number of carbonyl (C=O) groups excluding carboxylic acids is 1. The lowest BCUT2D eigenvalue weighted by Gasteiger charge is -2.16. The van der Waals surface area contributed by atoms with E-state index in [9.17, 15) is 4.79 Å². The van der Waals surface area contributed by atoms with Gasteiger partial charge in [0.25, 0.3) is 0 Å². The number of nitrogens with zero attached hydrogens (tertiary/aromatic N) is 2. The molecule has 5 heteroatoms. The lowest BCUT2D eigenvalue weighted by molar-refractivity contribution is -0.120. The van der Waals surface area contributed by atoms with E-state index in [1.165, 1.54) is 0 Å². The quantitative estimate of drug-likeness (QED) is 0.755. The normalized spacial score (nSPS) is 21.9. The Balaban J connectivity index is 2.04. The first-order valence-corrected chi connectivity index (χ1v) is 5.12. The molecule has 1 saturated carbocycles. The molecule has 1 aromatic rings. The average Bonchev–Trinajstić information content (AvgIpc) is 2.67. The number of ether oxygens (including phenoxy) is 1. The molecule has 1 aliphatic rings. The maximum absolute atomic E-state index is 11.3. The summed E-state index contributed by atoms with van der Waals surface area (Å²) in [6, 6.07) is 0. The minimum absolute atomic E-state index is 0.115. The number of hydrogen-bond acceptors (Lipinski definition) is 5. The van der Waals surface area contributed by atoms with Crippen LogP contribution in [0.5, 0.6) is 0 Å². The van der Waals surface area contributed by atoms with Crippen LogP contribution in [0.15, 0.2) is 4.52 Å². The summed E-state index contributed by atoms with van der Waals surface area (Å²) >= 11 is 0. The number of ketones is 1. The highest BCUT2D eigenvalue weighted by Gasteiger charge is 2.25. The van der Waals surface area contributed by atoms with E-state index in [2.05, 4.69) is 10.1 Å². The molecule has 1 atom stereocenters. The van der Waals surface area contributed by atoms with E-state index < -0.39 is 0 Å². The molecule has 0 aromatic carbocycles. The van der Waals surface area contributed by atoms with Gasteiger partial charge >= 0.3 is 0 Å². The second kappa shape index (κ2) is 4.53. The van der Waals surface area contributed by atoms with E-state index in [-0.39, 0.29) is 11.7 Å². The standard InChI is InChI=1S/C10H14N2O3/c1-14-6-9-11-10(15-12-9)7-3-2-4-8(13)5-7/h7H,2-6H2,1H3. The Hall–Kier alpha value is -1.23. The van der Waals surface area contributed by atoms with Crippen LogP contribution in [0.4, 0.5) is 0 Å². The highest BCUT2D eigenvalue weighted by molar-refractivity contribution is 5.79. The van der Waals surface area contributed by atoms with Crippen LogP contribution >= 0.6 is 0 Å². The van der Waals surface area contributed by atoms with E-state index >= 15 is 0 Å². The molecule has 0 N–H and O–H groups in total. The van der Waals surface area contributed by atoms with Crippen molar-refractivity contribution in [3.63, 3.8) is 0 Å². The Labute approximate surface area is 87.8 Å². The molecule has 0 aliphatic heterocycles. The highest BCUT2D eigenvalue weighted by Crippen LogP contribution is 2.29. The maximum Gasteiger partial charge on any atom is 0.230 e. The Morgan fingerprint density at radius 2 is 2.47 bits per heavy atom. The smallest absolute Gasteiger partial charge is 0.230 e. The molecule has 1 aliphatic carbocycles. The molecule has 0 saturated heterocycles.